The number of amides is 1. The van der Waals surface area contributed by atoms with E-state index in [1.807, 2.05) is 6.92 Å². The molecule has 1 amide bonds. The Hall–Kier alpha value is -1.35. The van der Waals surface area contributed by atoms with Gasteiger partial charge in [0.05, 0.1) is 5.92 Å². The van der Waals surface area contributed by atoms with Crippen LogP contribution in [0.25, 0.3) is 0 Å². The molecule has 0 saturated heterocycles. The van der Waals surface area contributed by atoms with Gasteiger partial charge in [-0.1, -0.05) is 38.1 Å². The first-order valence-corrected chi connectivity index (χ1v) is 8.02. The molecule has 1 aromatic rings. The van der Waals surface area contributed by atoms with Crippen molar-refractivity contribution in [3.8, 4) is 0 Å². The quantitative estimate of drug-likeness (QED) is 0.686. The highest BCUT2D eigenvalue weighted by molar-refractivity contribution is 5.83. The van der Waals surface area contributed by atoms with Crippen LogP contribution in [0.15, 0.2) is 24.3 Å². The predicted molar refractivity (Wildman–Crippen MR) is 87.3 cm³/mol. The van der Waals surface area contributed by atoms with Gasteiger partial charge in [0.15, 0.2) is 0 Å². The predicted octanol–water partition coefficient (Wildman–Crippen LogP) is 3.27. The van der Waals surface area contributed by atoms with Gasteiger partial charge in [0.2, 0.25) is 5.91 Å². The van der Waals surface area contributed by atoms with Gasteiger partial charge in [-0.05, 0) is 49.7 Å². The SMILES string of the molecule is CC(C)Cc1ccc([C@@H](C)C(=O)NCCCCCO)cc1. The Morgan fingerprint density at radius 3 is 2.33 bits per heavy atom. The van der Waals surface area contributed by atoms with E-state index in [1.54, 1.807) is 0 Å². The van der Waals surface area contributed by atoms with Crippen molar-refractivity contribution in [1.29, 1.82) is 0 Å². The zero-order chi connectivity index (χ0) is 15.7. The molecule has 3 nitrogen and oxygen atoms in total. The number of unbranched alkanes of at least 4 members (excludes halogenated alkanes) is 2. The highest BCUT2D eigenvalue weighted by atomic mass is 16.2. The zero-order valence-electron chi connectivity index (χ0n) is 13.6. The van der Waals surface area contributed by atoms with Gasteiger partial charge in [0, 0.05) is 13.2 Å². The number of hydrogen-bond acceptors (Lipinski definition) is 2. The van der Waals surface area contributed by atoms with Crippen molar-refractivity contribution in [2.24, 2.45) is 5.92 Å². The van der Waals surface area contributed by atoms with E-state index in [1.165, 1.54) is 5.56 Å². The van der Waals surface area contributed by atoms with Crippen LogP contribution in [0, 0.1) is 5.92 Å². The standard InChI is InChI=1S/C18H29NO2/c1-14(2)13-16-7-9-17(10-8-16)15(3)18(21)19-11-5-4-6-12-20/h7-10,14-15,20H,4-6,11-13H2,1-3H3,(H,19,21)/t15-/m1/s1. The lowest BCUT2D eigenvalue weighted by molar-refractivity contribution is -0.122. The fourth-order valence-electron chi connectivity index (χ4n) is 2.34. The lowest BCUT2D eigenvalue weighted by Crippen LogP contribution is -2.28. The van der Waals surface area contributed by atoms with Crippen molar-refractivity contribution < 1.29 is 9.90 Å². The maximum atomic E-state index is 12.1. The number of benzene rings is 1. The van der Waals surface area contributed by atoms with Crippen LogP contribution in [-0.4, -0.2) is 24.2 Å². The van der Waals surface area contributed by atoms with E-state index in [-0.39, 0.29) is 18.4 Å². The molecule has 1 aromatic carbocycles. The molecule has 1 atom stereocenters. The monoisotopic (exact) mass is 291 g/mol. The Morgan fingerprint density at radius 1 is 1.10 bits per heavy atom. The summed E-state index contributed by atoms with van der Waals surface area (Å²) in [5.74, 6) is 0.613. The fraction of sp³-hybridized carbons (Fsp3) is 0.611. The van der Waals surface area contributed by atoms with E-state index in [0.717, 1.165) is 31.2 Å². The minimum absolute atomic E-state index is 0.0793. The van der Waals surface area contributed by atoms with Gasteiger partial charge in [0.25, 0.3) is 0 Å². The Morgan fingerprint density at radius 2 is 1.76 bits per heavy atom. The van der Waals surface area contributed by atoms with Crippen molar-refractivity contribution in [3.63, 3.8) is 0 Å². The summed E-state index contributed by atoms with van der Waals surface area (Å²) < 4.78 is 0. The van der Waals surface area contributed by atoms with Crippen LogP contribution in [0.4, 0.5) is 0 Å². The number of aliphatic hydroxyl groups is 1. The summed E-state index contributed by atoms with van der Waals surface area (Å²) in [5, 5.41) is 11.7. The molecule has 0 unspecified atom stereocenters. The van der Waals surface area contributed by atoms with Gasteiger partial charge >= 0.3 is 0 Å². The van der Waals surface area contributed by atoms with Gasteiger partial charge < -0.3 is 10.4 Å². The second kappa shape index (κ2) is 9.56. The van der Waals surface area contributed by atoms with Crippen LogP contribution in [0.1, 0.15) is 57.1 Å². The molecule has 0 saturated carbocycles. The lowest BCUT2D eigenvalue weighted by atomic mass is 9.96. The summed E-state index contributed by atoms with van der Waals surface area (Å²) in [5.41, 5.74) is 2.39. The van der Waals surface area contributed by atoms with Gasteiger partial charge in [-0.2, -0.15) is 0 Å². The summed E-state index contributed by atoms with van der Waals surface area (Å²) >= 11 is 0. The van der Waals surface area contributed by atoms with Crippen molar-refractivity contribution in [2.45, 2.75) is 52.4 Å². The van der Waals surface area contributed by atoms with E-state index in [0.29, 0.717) is 12.5 Å². The molecule has 0 fully saturated rings. The van der Waals surface area contributed by atoms with E-state index in [2.05, 4.69) is 43.4 Å². The Labute approximate surface area is 128 Å². The molecule has 0 radical (unpaired) electrons. The first-order chi connectivity index (χ1) is 10.0. The molecule has 3 heteroatoms. The van der Waals surface area contributed by atoms with Crippen LogP contribution >= 0.6 is 0 Å². The van der Waals surface area contributed by atoms with Crippen molar-refractivity contribution >= 4 is 5.91 Å². The van der Waals surface area contributed by atoms with E-state index in [9.17, 15) is 4.79 Å². The molecule has 2 N–H and O–H groups in total. The molecule has 0 heterocycles. The van der Waals surface area contributed by atoms with Crippen molar-refractivity contribution in [1.82, 2.24) is 5.32 Å². The summed E-state index contributed by atoms with van der Waals surface area (Å²) in [6.45, 7) is 7.28. The van der Waals surface area contributed by atoms with Crippen molar-refractivity contribution in [2.75, 3.05) is 13.2 Å². The molecular formula is C18H29NO2. The molecule has 0 spiro atoms. The Balaban J connectivity index is 2.42. The van der Waals surface area contributed by atoms with Crippen molar-refractivity contribution in [3.05, 3.63) is 35.4 Å². The largest absolute Gasteiger partial charge is 0.396 e. The molecule has 0 aromatic heterocycles. The minimum Gasteiger partial charge on any atom is -0.396 e. The average molecular weight is 291 g/mol. The Kier molecular flexibility index (Phi) is 8.06. The van der Waals surface area contributed by atoms with Crippen LogP contribution in [-0.2, 0) is 11.2 Å². The highest BCUT2D eigenvalue weighted by Gasteiger charge is 2.14. The number of rotatable bonds is 9. The molecular weight excluding hydrogens is 262 g/mol. The van der Waals surface area contributed by atoms with Gasteiger partial charge in [-0.25, -0.2) is 0 Å². The van der Waals surface area contributed by atoms with Gasteiger partial charge in [-0.3, -0.25) is 4.79 Å². The maximum Gasteiger partial charge on any atom is 0.227 e. The second-order valence-corrected chi connectivity index (χ2v) is 6.14. The maximum absolute atomic E-state index is 12.1. The molecule has 0 aliphatic rings. The number of nitrogens with one attached hydrogen (secondary N) is 1. The Bertz CT molecular complexity index is 412. The summed E-state index contributed by atoms with van der Waals surface area (Å²) in [6, 6.07) is 8.38. The lowest BCUT2D eigenvalue weighted by Gasteiger charge is -2.13. The zero-order valence-corrected chi connectivity index (χ0v) is 13.6. The molecule has 21 heavy (non-hydrogen) atoms. The van der Waals surface area contributed by atoms with Gasteiger partial charge in [0.1, 0.15) is 0 Å². The van der Waals surface area contributed by atoms with E-state index >= 15 is 0 Å². The third kappa shape index (κ3) is 6.76. The number of aliphatic hydroxyl groups excluding tert-OH is 1. The average Bonchev–Trinajstić information content (AvgIpc) is 2.46. The second-order valence-electron chi connectivity index (χ2n) is 6.14. The first kappa shape index (κ1) is 17.7. The van der Waals surface area contributed by atoms with Crippen LogP contribution in [0.2, 0.25) is 0 Å². The van der Waals surface area contributed by atoms with Crippen LogP contribution in [0.3, 0.4) is 0 Å². The number of hydrogen-bond donors (Lipinski definition) is 2. The molecule has 1 rings (SSSR count). The van der Waals surface area contributed by atoms with Gasteiger partial charge in [-0.15, -0.1) is 0 Å². The number of carbonyl (C=O) groups is 1. The minimum atomic E-state index is -0.115. The third-order valence-electron chi connectivity index (χ3n) is 3.65. The van der Waals surface area contributed by atoms with E-state index < -0.39 is 0 Å². The summed E-state index contributed by atoms with van der Waals surface area (Å²) in [4.78, 5) is 12.1. The highest BCUT2D eigenvalue weighted by Crippen LogP contribution is 2.17. The fourth-order valence-corrected chi connectivity index (χ4v) is 2.34. The molecule has 0 aliphatic carbocycles. The van der Waals surface area contributed by atoms with Crippen LogP contribution in [0.5, 0.6) is 0 Å². The molecule has 118 valence electrons. The third-order valence-corrected chi connectivity index (χ3v) is 3.65. The normalized spacial score (nSPS) is 12.4. The topological polar surface area (TPSA) is 49.3 Å². The number of carbonyl (C=O) groups excluding carboxylic acids is 1. The first-order valence-electron chi connectivity index (χ1n) is 8.02. The summed E-state index contributed by atoms with van der Waals surface area (Å²) in [7, 11) is 0. The smallest absolute Gasteiger partial charge is 0.227 e. The summed E-state index contributed by atoms with van der Waals surface area (Å²) in [6.07, 6.45) is 3.76. The molecule has 0 bridgehead atoms. The van der Waals surface area contributed by atoms with E-state index in [4.69, 9.17) is 5.11 Å². The van der Waals surface area contributed by atoms with Crippen LogP contribution < -0.4 is 5.32 Å². The molecule has 0 aliphatic heterocycles.